The van der Waals surface area contributed by atoms with Gasteiger partial charge in [-0.05, 0) is 0 Å². The molecular weight excluding hydrogens is 294 g/mol. The number of halogens is 1. The van der Waals surface area contributed by atoms with Gasteiger partial charge in [0.15, 0.2) is 0 Å². The van der Waals surface area contributed by atoms with E-state index in [9.17, 15) is 0 Å². The summed E-state index contributed by atoms with van der Waals surface area (Å²) in [6.07, 6.45) is 2.87. The van der Waals surface area contributed by atoms with Crippen molar-refractivity contribution in [2.24, 2.45) is 0 Å². The van der Waals surface area contributed by atoms with E-state index in [-0.39, 0.29) is 0 Å². The van der Waals surface area contributed by atoms with Crippen molar-refractivity contribution < 1.29 is 0 Å². The first-order valence-corrected chi connectivity index (χ1v) is 5.66. The monoisotopic (exact) mass is 303 g/mol. The second-order valence-corrected chi connectivity index (χ2v) is 3.65. The molecule has 0 atom stereocenters. The molecule has 3 radical (unpaired) electrons. The first-order valence-electron chi connectivity index (χ1n) is 2.12. The molecule has 0 bridgehead atoms. The van der Waals surface area contributed by atoms with Crippen LogP contribution in [-0.2, 0) is 0 Å². The molecular formula is C4H8ISn. The van der Waals surface area contributed by atoms with Crippen LogP contribution >= 0.6 is 22.6 Å². The van der Waals surface area contributed by atoms with Gasteiger partial charge in [-0.2, -0.15) is 0 Å². The Morgan fingerprint density at radius 2 is 2.00 bits per heavy atom. The van der Waals surface area contributed by atoms with Crippen molar-refractivity contribution in [1.29, 1.82) is 0 Å². The zero-order valence-electron chi connectivity index (χ0n) is 3.71. The second kappa shape index (κ2) is 6.53. The van der Waals surface area contributed by atoms with Crippen LogP contribution in [0.1, 0.15) is 12.8 Å². The quantitative estimate of drug-likeness (QED) is 0.323. The van der Waals surface area contributed by atoms with Gasteiger partial charge in [0.2, 0.25) is 0 Å². The van der Waals surface area contributed by atoms with E-state index in [0.717, 1.165) is 0 Å². The van der Waals surface area contributed by atoms with Crippen LogP contribution in [0.3, 0.4) is 0 Å². The summed E-state index contributed by atoms with van der Waals surface area (Å²) in [5.74, 6) is 0. The Hall–Kier alpha value is 1.53. The van der Waals surface area contributed by atoms with Gasteiger partial charge in [0.25, 0.3) is 0 Å². The van der Waals surface area contributed by atoms with Gasteiger partial charge < -0.3 is 0 Å². The van der Waals surface area contributed by atoms with Crippen LogP contribution in [0.5, 0.6) is 0 Å². The summed E-state index contributed by atoms with van der Waals surface area (Å²) >= 11 is 4.11. The molecule has 0 aliphatic heterocycles. The maximum absolute atomic E-state index is 2.42. The van der Waals surface area contributed by atoms with Crippen molar-refractivity contribution in [3.63, 3.8) is 0 Å². The van der Waals surface area contributed by atoms with Crippen LogP contribution in [0.15, 0.2) is 0 Å². The summed E-state index contributed by atoms with van der Waals surface area (Å²) in [5, 5.41) is 0. The fourth-order valence-electron chi connectivity index (χ4n) is 0.219. The zero-order chi connectivity index (χ0) is 4.83. The molecule has 35 valence electrons. The molecule has 0 aliphatic rings. The summed E-state index contributed by atoms with van der Waals surface area (Å²) < 4.78 is 2.78. The van der Waals surface area contributed by atoms with E-state index < -0.39 is 0 Å². The van der Waals surface area contributed by atoms with Crippen molar-refractivity contribution in [3.8, 4) is 0 Å². The Kier molecular flexibility index (Phi) is 8.19. The van der Waals surface area contributed by atoms with Crippen LogP contribution in [-0.4, -0.2) is 27.0 Å². The topological polar surface area (TPSA) is 0 Å². The molecule has 0 fully saturated rings. The minimum atomic E-state index is 1.34. The normalized spacial score (nSPS) is 9.00. The van der Waals surface area contributed by atoms with E-state index in [2.05, 4.69) is 22.6 Å². The number of unbranched alkanes of at least 4 members (excludes halogenated alkanes) is 1. The summed E-state index contributed by atoms with van der Waals surface area (Å²) in [6, 6.07) is 0. The van der Waals surface area contributed by atoms with Crippen molar-refractivity contribution >= 4 is 45.1 Å². The van der Waals surface area contributed by atoms with Crippen molar-refractivity contribution in [3.05, 3.63) is 0 Å². The van der Waals surface area contributed by atoms with Gasteiger partial charge in [0.05, 0.1) is 0 Å². The average Bonchev–Trinajstić information content (AvgIpc) is 1.61. The molecule has 0 aromatic heterocycles. The predicted molar refractivity (Wildman–Crippen MR) is 38.7 cm³/mol. The van der Waals surface area contributed by atoms with Crippen molar-refractivity contribution in [2.75, 3.05) is 4.43 Å². The molecule has 0 amide bonds. The van der Waals surface area contributed by atoms with Crippen molar-refractivity contribution in [1.82, 2.24) is 0 Å². The summed E-state index contributed by atoms with van der Waals surface area (Å²) in [5.41, 5.74) is 0. The Balaban J connectivity index is 2.34. The molecule has 0 aliphatic carbocycles. The van der Waals surface area contributed by atoms with Crippen LogP contribution in [0.25, 0.3) is 0 Å². The van der Waals surface area contributed by atoms with Gasteiger partial charge in [0.1, 0.15) is 0 Å². The number of hydrogen-bond acceptors (Lipinski definition) is 0. The van der Waals surface area contributed by atoms with Crippen LogP contribution in [0, 0.1) is 0 Å². The van der Waals surface area contributed by atoms with E-state index in [0.29, 0.717) is 0 Å². The molecule has 0 heterocycles. The minimum absolute atomic E-state index is 1.34. The number of hydrogen-bond donors (Lipinski definition) is 0. The van der Waals surface area contributed by atoms with Gasteiger partial charge in [-0.1, -0.05) is 0 Å². The average molecular weight is 302 g/mol. The number of alkyl halides is 1. The molecule has 0 rings (SSSR count). The maximum atomic E-state index is 2.42. The molecule has 2 heteroatoms. The van der Waals surface area contributed by atoms with Crippen LogP contribution < -0.4 is 0 Å². The van der Waals surface area contributed by atoms with Gasteiger partial charge in [-0.3, -0.25) is 0 Å². The van der Waals surface area contributed by atoms with E-state index in [4.69, 9.17) is 0 Å². The van der Waals surface area contributed by atoms with Crippen LogP contribution in [0.4, 0.5) is 0 Å². The third-order valence-corrected chi connectivity index (χ3v) is 2.33. The zero-order valence-corrected chi connectivity index (χ0v) is 8.72. The first-order chi connectivity index (χ1) is 2.91. The molecule has 0 saturated carbocycles. The fraction of sp³-hybridized carbons (Fsp3) is 1.00. The van der Waals surface area contributed by atoms with Gasteiger partial charge in [0, 0.05) is 0 Å². The summed E-state index contributed by atoms with van der Waals surface area (Å²) in [7, 11) is 0. The van der Waals surface area contributed by atoms with Gasteiger partial charge in [-0.25, -0.2) is 0 Å². The molecule has 0 N–H and O–H groups in total. The molecule has 0 nitrogen and oxygen atoms in total. The molecule has 0 aromatic carbocycles. The van der Waals surface area contributed by atoms with Crippen molar-refractivity contribution in [2.45, 2.75) is 17.3 Å². The summed E-state index contributed by atoms with van der Waals surface area (Å²) in [4.78, 5) is 0. The third kappa shape index (κ3) is 5.53. The van der Waals surface area contributed by atoms with Crippen LogP contribution in [0.2, 0.25) is 4.44 Å². The molecule has 0 saturated heterocycles. The summed E-state index contributed by atoms with van der Waals surface area (Å²) in [6.45, 7) is 0. The SMILES string of the molecule is [Sn][CH2]CCCI. The molecule has 0 unspecified atom stereocenters. The predicted octanol–water partition coefficient (Wildman–Crippen LogP) is 1.79. The molecule has 0 spiro atoms. The van der Waals surface area contributed by atoms with Gasteiger partial charge in [-0.15, -0.1) is 0 Å². The van der Waals surface area contributed by atoms with Gasteiger partial charge >= 0.3 is 66.8 Å². The fourth-order valence-corrected chi connectivity index (χ4v) is 1.47. The van der Waals surface area contributed by atoms with E-state index in [1.54, 1.807) is 22.5 Å². The second-order valence-electron chi connectivity index (χ2n) is 1.15. The Bertz CT molecular complexity index is 19.5. The van der Waals surface area contributed by atoms with E-state index in [1.807, 2.05) is 0 Å². The third-order valence-electron chi connectivity index (χ3n) is 0.560. The van der Waals surface area contributed by atoms with E-state index in [1.165, 1.54) is 21.7 Å². The Morgan fingerprint density at radius 1 is 1.33 bits per heavy atom. The Morgan fingerprint density at radius 3 is 2.17 bits per heavy atom. The number of rotatable bonds is 3. The van der Waals surface area contributed by atoms with E-state index >= 15 is 0 Å². The molecule has 0 aromatic rings. The molecule has 6 heavy (non-hydrogen) atoms. The Labute approximate surface area is 66.3 Å². The first kappa shape index (κ1) is 7.53. The standard InChI is InChI=1S/C4H8I.Sn/c1-2-3-4-5;/h1-4H2;.